The summed E-state index contributed by atoms with van der Waals surface area (Å²) in [6, 6.07) is 1.73. The fourth-order valence-corrected chi connectivity index (χ4v) is 2.20. The Morgan fingerprint density at radius 2 is 2.39 bits per heavy atom. The largest absolute Gasteiger partial charge is 0.350 e. The monoisotopic (exact) mass is 270 g/mol. The van der Waals surface area contributed by atoms with Crippen LogP contribution in [0.2, 0.25) is 5.02 Å². The predicted molar refractivity (Wildman–Crippen MR) is 70.2 cm³/mol. The third-order valence-electron chi connectivity index (χ3n) is 2.96. The summed E-state index contributed by atoms with van der Waals surface area (Å²) < 4.78 is 0. The Morgan fingerprint density at radius 3 is 2.83 bits per heavy atom. The standard InChI is InChI=1S/C11H15ClN4O2/c1-2-3-15(9-5-13-6-9)11-10(12)4-8(7-14-11)16(17)18/h4,7,9,13H,2-3,5-6H2,1H3. The summed E-state index contributed by atoms with van der Waals surface area (Å²) in [7, 11) is 0. The highest BCUT2D eigenvalue weighted by Gasteiger charge is 2.27. The molecule has 0 unspecified atom stereocenters. The highest BCUT2D eigenvalue weighted by molar-refractivity contribution is 6.33. The van der Waals surface area contributed by atoms with Gasteiger partial charge < -0.3 is 10.2 Å². The van der Waals surface area contributed by atoms with Gasteiger partial charge in [-0.05, 0) is 6.42 Å². The maximum Gasteiger partial charge on any atom is 0.289 e. The van der Waals surface area contributed by atoms with Crippen LogP contribution in [-0.4, -0.2) is 35.6 Å². The summed E-state index contributed by atoms with van der Waals surface area (Å²) >= 11 is 6.10. The molecule has 1 fully saturated rings. The number of nitro groups is 1. The van der Waals surface area contributed by atoms with Gasteiger partial charge in [0.15, 0.2) is 0 Å². The Bertz CT molecular complexity index is 451. The lowest BCUT2D eigenvalue weighted by Gasteiger charge is -2.39. The first-order chi connectivity index (χ1) is 8.63. The fraction of sp³-hybridized carbons (Fsp3) is 0.545. The van der Waals surface area contributed by atoms with Crippen LogP contribution in [0.4, 0.5) is 11.5 Å². The van der Waals surface area contributed by atoms with Crippen molar-refractivity contribution in [1.82, 2.24) is 10.3 Å². The van der Waals surface area contributed by atoms with E-state index in [4.69, 9.17) is 11.6 Å². The van der Waals surface area contributed by atoms with Gasteiger partial charge in [0.2, 0.25) is 0 Å². The maximum absolute atomic E-state index is 10.6. The van der Waals surface area contributed by atoms with E-state index in [0.29, 0.717) is 16.9 Å². The zero-order valence-electron chi connectivity index (χ0n) is 10.1. The van der Waals surface area contributed by atoms with E-state index in [1.807, 2.05) is 0 Å². The molecule has 6 nitrogen and oxygen atoms in total. The SMILES string of the molecule is CCCN(c1ncc([N+](=O)[O-])cc1Cl)C1CNC1. The number of nitrogens with one attached hydrogen (secondary N) is 1. The van der Waals surface area contributed by atoms with Crippen molar-refractivity contribution in [3.8, 4) is 0 Å². The number of pyridine rings is 1. The fourth-order valence-electron chi connectivity index (χ4n) is 1.93. The molecule has 2 heterocycles. The molecule has 0 amide bonds. The van der Waals surface area contributed by atoms with Crippen LogP contribution in [0.5, 0.6) is 0 Å². The molecule has 7 heteroatoms. The minimum Gasteiger partial charge on any atom is -0.350 e. The first-order valence-electron chi connectivity index (χ1n) is 5.90. The lowest BCUT2D eigenvalue weighted by atomic mass is 10.1. The summed E-state index contributed by atoms with van der Waals surface area (Å²) in [5, 5.41) is 14.2. The molecule has 0 aromatic carbocycles. The third-order valence-corrected chi connectivity index (χ3v) is 3.23. The van der Waals surface area contributed by atoms with Gasteiger partial charge in [0.25, 0.3) is 5.69 Å². The van der Waals surface area contributed by atoms with E-state index in [9.17, 15) is 10.1 Å². The van der Waals surface area contributed by atoms with Gasteiger partial charge in [-0.2, -0.15) is 0 Å². The van der Waals surface area contributed by atoms with Crippen LogP contribution in [0.3, 0.4) is 0 Å². The molecule has 98 valence electrons. The second kappa shape index (κ2) is 5.49. The van der Waals surface area contributed by atoms with E-state index < -0.39 is 4.92 Å². The van der Waals surface area contributed by atoms with Crippen LogP contribution in [0.15, 0.2) is 12.3 Å². The lowest BCUT2D eigenvalue weighted by Crippen LogP contribution is -2.57. The van der Waals surface area contributed by atoms with E-state index in [2.05, 4.69) is 22.1 Å². The number of nitrogens with zero attached hydrogens (tertiary/aromatic N) is 3. The quantitative estimate of drug-likeness (QED) is 0.653. The lowest BCUT2D eigenvalue weighted by molar-refractivity contribution is -0.385. The number of anilines is 1. The van der Waals surface area contributed by atoms with Crippen LogP contribution in [-0.2, 0) is 0 Å². The molecule has 1 aromatic rings. The van der Waals surface area contributed by atoms with Crippen LogP contribution >= 0.6 is 11.6 Å². The molecule has 1 aliphatic rings. The molecule has 0 aliphatic carbocycles. The van der Waals surface area contributed by atoms with Gasteiger partial charge in [-0.15, -0.1) is 0 Å². The summed E-state index contributed by atoms with van der Waals surface area (Å²) in [6.45, 7) is 4.72. The minimum atomic E-state index is -0.488. The van der Waals surface area contributed by atoms with Crippen molar-refractivity contribution in [3.63, 3.8) is 0 Å². The van der Waals surface area contributed by atoms with Crippen LogP contribution < -0.4 is 10.2 Å². The average Bonchev–Trinajstić information content (AvgIpc) is 2.26. The Balaban J connectivity index is 2.26. The molecule has 0 spiro atoms. The van der Waals surface area contributed by atoms with Crippen molar-refractivity contribution in [2.75, 3.05) is 24.5 Å². The van der Waals surface area contributed by atoms with Crippen molar-refractivity contribution < 1.29 is 4.92 Å². The zero-order chi connectivity index (χ0) is 13.1. The molecule has 1 saturated heterocycles. The van der Waals surface area contributed by atoms with Crippen LogP contribution in [0.1, 0.15) is 13.3 Å². The Morgan fingerprint density at radius 1 is 1.67 bits per heavy atom. The molecule has 0 radical (unpaired) electrons. The van der Waals surface area contributed by atoms with Gasteiger partial charge in [-0.1, -0.05) is 18.5 Å². The van der Waals surface area contributed by atoms with Crippen molar-refractivity contribution in [2.24, 2.45) is 0 Å². The molecule has 0 atom stereocenters. The number of hydrogen-bond donors (Lipinski definition) is 1. The molecule has 1 aromatic heterocycles. The minimum absolute atomic E-state index is 0.0769. The highest BCUT2D eigenvalue weighted by Crippen LogP contribution is 2.29. The second-order valence-corrected chi connectivity index (χ2v) is 4.67. The molecular formula is C11H15ClN4O2. The second-order valence-electron chi connectivity index (χ2n) is 4.26. The molecule has 1 aliphatic heterocycles. The Kier molecular flexibility index (Phi) is 3.98. The van der Waals surface area contributed by atoms with Crippen molar-refractivity contribution in [2.45, 2.75) is 19.4 Å². The third kappa shape index (κ3) is 2.54. The van der Waals surface area contributed by atoms with E-state index in [1.165, 1.54) is 12.3 Å². The average molecular weight is 271 g/mol. The van der Waals surface area contributed by atoms with Crippen molar-refractivity contribution >= 4 is 23.1 Å². The van der Waals surface area contributed by atoms with Crippen molar-refractivity contribution in [1.29, 1.82) is 0 Å². The molecule has 0 saturated carbocycles. The van der Waals surface area contributed by atoms with Crippen molar-refractivity contribution in [3.05, 3.63) is 27.4 Å². The van der Waals surface area contributed by atoms with Crippen LogP contribution in [0, 0.1) is 10.1 Å². The van der Waals surface area contributed by atoms with E-state index in [0.717, 1.165) is 26.1 Å². The number of rotatable bonds is 5. The first kappa shape index (κ1) is 13.0. The summed E-state index contributed by atoms with van der Waals surface area (Å²) in [5.41, 5.74) is -0.0769. The predicted octanol–water partition coefficient (Wildman–Crippen LogP) is 1.83. The molecule has 0 bridgehead atoms. The summed E-state index contributed by atoms with van der Waals surface area (Å²) in [4.78, 5) is 16.4. The summed E-state index contributed by atoms with van der Waals surface area (Å²) in [6.07, 6.45) is 2.24. The molecular weight excluding hydrogens is 256 g/mol. The van der Waals surface area contributed by atoms with Gasteiger partial charge >= 0.3 is 0 Å². The Hall–Kier alpha value is -1.40. The molecule has 18 heavy (non-hydrogen) atoms. The van der Waals surface area contributed by atoms with E-state index in [1.54, 1.807) is 0 Å². The van der Waals surface area contributed by atoms with Gasteiger partial charge in [-0.25, -0.2) is 4.98 Å². The summed E-state index contributed by atoms with van der Waals surface area (Å²) in [5.74, 6) is 0.635. The number of halogens is 1. The Labute approximate surface area is 110 Å². The smallest absolute Gasteiger partial charge is 0.289 e. The van der Waals surface area contributed by atoms with E-state index >= 15 is 0 Å². The molecule has 2 rings (SSSR count). The number of hydrogen-bond acceptors (Lipinski definition) is 5. The highest BCUT2D eigenvalue weighted by atomic mass is 35.5. The van der Waals surface area contributed by atoms with Gasteiger partial charge in [0, 0.05) is 25.7 Å². The normalized spacial score (nSPS) is 15.2. The van der Waals surface area contributed by atoms with Gasteiger partial charge in [0.1, 0.15) is 12.0 Å². The topological polar surface area (TPSA) is 71.3 Å². The van der Waals surface area contributed by atoms with Gasteiger partial charge in [0.05, 0.1) is 16.0 Å². The first-order valence-corrected chi connectivity index (χ1v) is 6.28. The maximum atomic E-state index is 10.6. The van der Waals surface area contributed by atoms with E-state index in [-0.39, 0.29) is 5.69 Å². The van der Waals surface area contributed by atoms with Crippen LogP contribution in [0.25, 0.3) is 0 Å². The molecule has 1 N–H and O–H groups in total. The van der Waals surface area contributed by atoms with Gasteiger partial charge in [-0.3, -0.25) is 10.1 Å². The zero-order valence-corrected chi connectivity index (χ0v) is 10.9. The number of aromatic nitrogens is 1.